The van der Waals surface area contributed by atoms with Crippen molar-refractivity contribution in [2.24, 2.45) is 0 Å². The summed E-state index contributed by atoms with van der Waals surface area (Å²) in [6, 6.07) is 0.303. The fourth-order valence-corrected chi connectivity index (χ4v) is 5.24. The summed E-state index contributed by atoms with van der Waals surface area (Å²) in [7, 11) is -3.60. The van der Waals surface area contributed by atoms with E-state index in [0.717, 1.165) is 18.7 Å². The van der Waals surface area contributed by atoms with Gasteiger partial charge in [-0.05, 0) is 40.5 Å². The van der Waals surface area contributed by atoms with Crippen LogP contribution < -0.4 is 0 Å². The van der Waals surface area contributed by atoms with Crippen LogP contribution in [0.15, 0.2) is 21.8 Å². The predicted molar refractivity (Wildman–Crippen MR) is 89.3 cm³/mol. The summed E-state index contributed by atoms with van der Waals surface area (Å²) in [4.78, 5) is 4.69. The van der Waals surface area contributed by atoms with Gasteiger partial charge in [0, 0.05) is 37.4 Å². The van der Waals surface area contributed by atoms with E-state index in [-0.39, 0.29) is 10.8 Å². The van der Waals surface area contributed by atoms with Gasteiger partial charge in [-0.15, -0.1) is 0 Å². The topological polar surface area (TPSA) is 81.2 Å². The molecule has 2 aromatic heterocycles. The monoisotopic (exact) mass is 352 g/mol. The molecule has 8 heteroatoms. The third kappa shape index (κ3) is 2.88. The Hall–Kier alpha value is -1.67. The minimum atomic E-state index is -3.60. The van der Waals surface area contributed by atoms with Gasteiger partial charge >= 0.3 is 0 Å². The fraction of sp³-hybridized carbons (Fsp3) is 0.625. The predicted octanol–water partition coefficient (Wildman–Crippen LogP) is 2.64. The van der Waals surface area contributed by atoms with Crippen molar-refractivity contribution in [3.05, 3.63) is 29.7 Å². The van der Waals surface area contributed by atoms with E-state index in [4.69, 9.17) is 4.52 Å². The summed E-state index contributed by atoms with van der Waals surface area (Å²) < 4.78 is 34.8. The molecule has 1 fully saturated rings. The van der Waals surface area contributed by atoms with Gasteiger partial charge in [0.1, 0.15) is 16.4 Å². The van der Waals surface area contributed by atoms with Crippen LogP contribution >= 0.6 is 0 Å². The van der Waals surface area contributed by atoms with Crippen LogP contribution in [0.4, 0.5) is 0 Å². The van der Waals surface area contributed by atoms with E-state index in [1.807, 2.05) is 6.20 Å². The average Bonchev–Trinajstić information content (AvgIpc) is 3.14. The molecular weight excluding hydrogens is 328 g/mol. The molecule has 1 saturated heterocycles. The largest absolute Gasteiger partial charge is 0.360 e. The highest BCUT2D eigenvalue weighted by Gasteiger charge is 2.36. The Bertz CT molecular complexity index is 803. The summed E-state index contributed by atoms with van der Waals surface area (Å²) >= 11 is 0. The summed E-state index contributed by atoms with van der Waals surface area (Å²) in [5.41, 5.74) is 0.415. The van der Waals surface area contributed by atoms with Crippen LogP contribution in [0.1, 0.15) is 55.9 Å². The Kier molecular flexibility index (Phi) is 4.52. The van der Waals surface area contributed by atoms with Crippen molar-refractivity contribution in [3.8, 4) is 0 Å². The van der Waals surface area contributed by atoms with Crippen molar-refractivity contribution in [1.29, 1.82) is 0 Å². The minimum Gasteiger partial charge on any atom is -0.360 e. The first kappa shape index (κ1) is 17.2. The van der Waals surface area contributed by atoms with Crippen LogP contribution in [0.2, 0.25) is 0 Å². The fourth-order valence-electron chi connectivity index (χ4n) is 3.42. The van der Waals surface area contributed by atoms with Gasteiger partial charge in [-0.2, -0.15) is 4.31 Å². The lowest BCUT2D eigenvalue weighted by Crippen LogP contribution is -2.40. The molecule has 1 aliphatic rings. The zero-order valence-electron chi connectivity index (χ0n) is 14.6. The van der Waals surface area contributed by atoms with E-state index >= 15 is 0 Å². The van der Waals surface area contributed by atoms with Gasteiger partial charge in [0.15, 0.2) is 5.76 Å². The molecule has 1 unspecified atom stereocenters. The van der Waals surface area contributed by atoms with Gasteiger partial charge in [0.25, 0.3) is 0 Å². The first-order valence-corrected chi connectivity index (χ1v) is 9.72. The third-order valence-electron chi connectivity index (χ3n) is 4.57. The first-order valence-electron chi connectivity index (χ1n) is 8.28. The zero-order chi connectivity index (χ0) is 17.5. The number of hydrogen-bond acceptors (Lipinski definition) is 5. The molecule has 7 nitrogen and oxygen atoms in total. The summed E-state index contributed by atoms with van der Waals surface area (Å²) in [6.45, 7) is 8.47. The highest BCUT2D eigenvalue weighted by Crippen LogP contribution is 2.32. The maximum atomic E-state index is 13.0. The molecule has 0 amide bonds. The molecule has 0 aromatic carbocycles. The van der Waals surface area contributed by atoms with Crippen LogP contribution in [-0.4, -0.2) is 40.5 Å². The quantitative estimate of drug-likeness (QED) is 0.845. The third-order valence-corrected chi connectivity index (χ3v) is 6.68. The van der Waals surface area contributed by atoms with Gasteiger partial charge in [0.05, 0.1) is 0 Å². The van der Waals surface area contributed by atoms with Gasteiger partial charge < -0.3 is 9.09 Å². The molecule has 0 bridgehead atoms. The molecule has 0 aliphatic carbocycles. The van der Waals surface area contributed by atoms with Crippen molar-refractivity contribution in [3.63, 3.8) is 0 Å². The van der Waals surface area contributed by atoms with Crippen LogP contribution in [0, 0.1) is 13.8 Å². The Morgan fingerprint density at radius 3 is 2.71 bits per heavy atom. The molecule has 132 valence electrons. The van der Waals surface area contributed by atoms with E-state index in [9.17, 15) is 8.42 Å². The second kappa shape index (κ2) is 6.33. The van der Waals surface area contributed by atoms with Gasteiger partial charge in [-0.25, -0.2) is 13.4 Å². The second-order valence-corrected chi connectivity index (χ2v) is 8.52. The van der Waals surface area contributed by atoms with Gasteiger partial charge in [0.2, 0.25) is 10.0 Å². The first-order chi connectivity index (χ1) is 11.3. The number of aromatic nitrogens is 3. The Morgan fingerprint density at radius 2 is 2.08 bits per heavy atom. The number of nitrogens with zero attached hydrogens (tertiary/aromatic N) is 4. The Labute approximate surface area is 142 Å². The lowest BCUT2D eigenvalue weighted by atomic mass is 9.98. The van der Waals surface area contributed by atoms with E-state index in [0.29, 0.717) is 30.6 Å². The van der Waals surface area contributed by atoms with Gasteiger partial charge in [-0.3, -0.25) is 0 Å². The molecular formula is C16H24N4O3S. The smallest absolute Gasteiger partial charge is 0.248 e. The lowest BCUT2D eigenvalue weighted by molar-refractivity contribution is 0.302. The maximum absolute atomic E-state index is 13.0. The maximum Gasteiger partial charge on any atom is 0.248 e. The Balaban J connectivity index is 1.90. The zero-order valence-corrected chi connectivity index (χ0v) is 15.4. The minimum absolute atomic E-state index is 0.103. The van der Waals surface area contributed by atoms with Crippen molar-refractivity contribution in [1.82, 2.24) is 19.0 Å². The highest BCUT2D eigenvalue weighted by atomic mass is 32.2. The standard InChI is InChI=1S/C16H24N4O3S/c1-11(2)20-9-7-17-16(20)14-6-5-8-19(10-14)24(21,22)15-12(3)18-23-13(15)4/h7,9,11,14H,5-6,8,10H2,1-4H3. The van der Waals surface area contributed by atoms with Crippen molar-refractivity contribution in [2.75, 3.05) is 13.1 Å². The van der Waals surface area contributed by atoms with Crippen LogP contribution in [0.3, 0.4) is 0 Å². The van der Waals surface area contributed by atoms with E-state index in [1.54, 1.807) is 24.3 Å². The van der Waals surface area contributed by atoms with Crippen LogP contribution in [-0.2, 0) is 10.0 Å². The van der Waals surface area contributed by atoms with Crippen LogP contribution in [0.5, 0.6) is 0 Å². The number of imidazole rings is 1. The summed E-state index contributed by atoms with van der Waals surface area (Å²) in [6.07, 6.45) is 5.51. The number of aryl methyl sites for hydroxylation is 2. The van der Waals surface area contributed by atoms with Crippen molar-refractivity contribution >= 4 is 10.0 Å². The normalized spacial score (nSPS) is 20.0. The molecule has 1 atom stereocenters. The van der Waals surface area contributed by atoms with E-state index in [2.05, 4.69) is 28.6 Å². The SMILES string of the molecule is Cc1noc(C)c1S(=O)(=O)N1CCCC(c2nccn2C(C)C)C1. The molecule has 0 N–H and O–H groups in total. The molecule has 1 aliphatic heterocycles. The van der Waals surface area contributed by atoms with Crippen molar-refractivity contribution < 1.29 is 12.9 Å². The summed E-state index contributed by atoms with van der Waals surface area (Å²) in [5.74, 6) is 1.41. The molecule has 24 heavy (non-hydrogen) atoms. The lowest BCUT2D eigenvalue weighted by Gasteiger charge is -2.32. The number of sulfonamides is 1. The number of rotatable bonds is 4. The van der Waals surface area contributed by atoms with Crippen LogP contribution in [0.25, 0.3) is 0 Å². The Morgan fingerprint density at radius 1 is 1.33 bits per heavy atom. The summed E-state index contributed by atoms with van der Waals surface area (Å²) in [5, 5.41) is 3.79. The average molecular weight is 352 g/mol. The van der Waals surface area contributed by atoms with Gasteiger partial charge in [-0.1, -0.05) is 5.16 Å². The molecule has 0 saturated carbocycles. The molecule has 0 radical (unpaired) electrons. The molecule has 2 aromatic rings. The highest BCUT2D eigenvalue weighted by molar-refractivity contribution is 7.89. The van der Waals surface area contributed by atoms with Crippen molar-refractivity contribution in [2.45, 2.75) is 57.4 Å². The van der Waals surface area contributed by atoms with E-state index in [1.165, 1.54) is 0 Å². The second-order valence-electron chi connectivity index (χ2n) is 6.64. The molecule has 0 spiro atoms. The number of piperidine rings is 1. The molecule has 3 heterocycles. The van der Waals surface area contributed by atoms with E-state index < -0.39 is 10.0 Å². The molecule has 3 rings (SSSR count). The number of hydrogen-bond donors (Lipinski definition) is 0.